The summed E-state index contributed by atoms with van der Waals surface area (Å²) in [5.41, 5.74) is 1.78. The Bertz CT molecular complexity index is 1830. The molecular formula is C30H22ClN3O6S2. The van der Waals surface area contributed by atoms with Crippen molar-refractivity contribution in [3.63, 3.8) is 0 Å². The van der Waals surface area contributed by atoms with Crippen LogP contribution in [0.2, 0.25) is 5.02 Å². The number of anilines is 1. The number of para-hydroxylation sites is 1. The van der Waals surface area contributed by atoms with E-state index in [0.29, 0.717) is 43.1 Å². The molecule has 0 radical (unpaired) electrons. The Labute approximate surface area is 253 Å². The molecule has 1 aliphatic heterocycles. The molecule has 1 amide bonds. The first-order chi connectivity index (χ1) is 20.4. The van der Waals surface area contributed by atoms with Crippen LogP contribution >= 0.6 is 34.7 Å². The first kappa shape index (κ1) is 27.8. The van der Waals surface area contributed by atoms with Gasteiger partial charge in [0.2, 0.25) is 10.9 Å². The third-order valence-electron chi connectivity index (χ3n) is 6.74. The molecule has 0 saturated carbocycles. The van der Waals surface area contributed by atoms with Gasteiger partial charge in [-0.2, -0.15) is 0 Å². The molecule has 42 heavy (non-hydrogen) atoms. The zero-order valence-corrected chi connectivity index (χ0v) is 24.6. The lowest BCUT2D eigenvalue weighted by atomic mass is 9.95. The summed E-state index contributed by atoms with van der Waals surface area (Å²) >= 11 is 8.88. The van der Waals surface area contributed by atoms with E-state index in [9.17, 15) is 14.7 Å². The summed E-state index contributed by atoms with van der Waals surface area (Å²) in [6.45, 7) is 0. The number of ketones is 1. The quantitative estimate of drug-likeness (QED) is 0.105. The highest BCUT2D eigenvalue weighted by molar-refractivity contribution is 8.00. The van der Waals surface area contributed by atoms with Gasteiger partial charge in [-0.15, -0.1) is 10.2 Å². The average molecular weight is 620 g/mol. The molecule has 3 aromatic carbocycles. The van der Waals surface area contributed by atoms with Crippen molar-refractivity contribution in [3.8, 4) is 11.5 Å². The molecule has 6 rings (SSSR count). The molecule has 1 aliphatic rings. The van der Waals surface area contributed by atoms with E-state index in [4.69, 9.17) is 25.5 Å². The summed E-state index contributed by atoms with van der Waals surface area (Å²) in [5.74, 6) is -0.722. The number of ether oxygens (including phenoxy) is 2. The van der Waals surface area contributed by atoms with Gasteiger partial charge in [-0.05, 0) is 41.5 Å². The molecule has 1 atom stereocenters. The van der Waals surface area contributed by atoms with Gasteiger partial charge in [-0.3, -0.25) is 14.5 Å². The SMILES string of the molecule is COc1ccc(C2C(C(=O)c3cc4ccccc4o3)=C(O)C(=O)N2c2nnc(SCc3ccccc3Cl)s2)cc1OC. The molecule has 9 nitrogen and oxygen atoms in total. The largest absolute Gasteiger partial charge is 0.503 e. The Morgan fingerprint density at radius 2 is 1.81 bits per heavy atom. The Hall–Kier alpha value is -4.32. The fourth-order valence-corrected chi connectivity index (χ4v) is 6.87. The summed E-state index contributed by atoms with van der Waals surface area (Å²) in [5, 5.41) is 21.2. The second-order valence-electron chi connectivity index (χ2n) is 9.16. The third kappa shape index (κ3) is 5.00. The fraction of sp³-hybridized carbons (Fsp3) is 0.133. The molecule has 0 bridgehead atoms. The highest BCUT2D eigenvalue weighted by atomic mass is 35.5. The minimum Gasteiger partial charge on any atom is -0.503 e. The number of fused-ring (bicyclic) bond motifs is 1. The minimum absolute atomic E-state index is 0.00822. The second kappa shape index (κ2) is 11.5. The highest BCUT2D eigenvalue weighted by Crippen LogP contribution is 2.46. The van der Waals surface area contributed by atoms with E-state index in [2.05, 4.69) is 10.2 Å². The van der Waals surface area contributed by atoms with Crippen molar-refractivity contribution >= 4 is 62.5 Å². The lowest BCUT2D eigenvalue weighted by molar-refractivity contribution is -0.117. The van der Waals surface area contributed by atoms with Crippen molar-refractivity contribution < 1.29 is 28.6 Å². The maximum absolute atomic E-state index is 13.9. The zero-order chi connectivity index (χ0) is 29.4. The van der Waals surface area contributed by atoms with E-state index in [1.54, 1.807) is 36.4 Å². The number of benzene rings is 3. The number of aliphatic hydroxyl groups is 1. The Morgan fingerprint density at radius 3 is 2.57 bits per heavy atom. The van der Waals surface area contributed by atoms with E-state index in [0.717, 1.165) is 16.9 Å². The van der Waals surface area contributed by atoms with Crippen LogP contribution in [0.15, 0.2) is 92.9 Å². The molecule has 2 aromatic heterocycles. The van der Waals surface area contributed by atoms with Crippen LogP contribution in [0.1, 0.15) is 27.7 Å². The number of furan rings is 1. The first-order valence-corrected chi connectivity index (χ1v) is 14.8. The molecule has 212 valence electrons. The Morgan fingerprint density at radius 1 is 1.05 bits per heavy atom. The van der Waals surface area contributed by atoms with Crippen molar-refractivity contribution in [2.45, 2.75) is 16.1 Å². The fourth-order valence-electron chi connectivity index (χ4n) is 4.71. The lowest BCUT2D eigenvalue weighted by Crippen LogP contribution is -2.31. The zero-order valence-electron chi connectivity index (χ0n) is 22.2. The number of Topliss-reactive ketones (excluding diaryl/α,β-unsaturated/α-hetero) is 1. The number of hydrogen-bond acceptors (Lipinski definition) is 10. The molecular weight excluding hydrogens is 598 g/mol. The molecule has 1 N–H and O–H groups in total. The van der Waals surface area contributed by atoms with Crippen molar-refractivity contribution in [2.24, 2.45) is 0 Å². The maximum atomic E-state index is 13.9. The van der Waals surface area contributed by atoms with Gasteiger partial charge in [0, 0.05) is 16.2 Å². The molecule has 5 aromatic rings. The summed E-state index contributed by atoms with van der Waals surface area (Å²) in [7, 11) is 2.99. The number of rotatable bonds is 9. The van der Waals surface area contributed by atoms with Crippen molar-refractivity contribution in [1.29, 1.82) is 0 Å². The van der Waals surface area contributed by atoms with Crippen LogP contribution < -0.4 is 14.4 Å². The van der Waals surface area contributed by atoms with Crippen LogP contribution in [0.25, 0.3) is 11.0 Å². The average Bonchev–Trinajstić information content (AvgIpc) is 3.72. The van der Waals surface area contributed by atoms with Gasteiger partial charge < -0.3 is 19.0 Å². The van der Waals surface area contributed by atoms with Gasteiger partial charge in [0.25, 0.3) is 5.91 Å². The molecule has 3 heterocycles. The summed E-state index contributed by atoms with van der Waals surface area (Å²) in [4.78, 5) is 28.8. The van der Waals surface area contributed by atoms with E-state index < -0.39 is 23.5 Å². The highest BCUT2D eigenvalue weighted by Gasteiger charge is 2.47. The number of carbonyl (C=O) groups excluding carboxylic acids is 2. The van der Waals surface area contributed by atoms with Gasteiger partial charge in [0.1, 0.15) is 5.58 Å². The summed E-state index contributed by atoms with van der Waals surface area (Å²) in [6.07, 6.45) is 0. The summed E-state index contributed by atoms with van der Waals surface area (Å²) in [6, 6.07) is 20.2. The number of hydrogen-bond donors (Lipinski definition) is 1. The van der Waals surface area contributed by atoms with Gasteiger partial charge >= 0.3 is 0 Å². The smallest absolute Gasteiger partial charge is 0.296 e. The van der Waals surface area contributed by atoms with Crippen molar-refractivity contribution in [2.75, 3.05) is 19.1 Å². The van der Waals surface area contributed by atoms with E-state index in [1.807, 2.05) is 36.4 Å². The molecule has 0 saturated heterocycles. The van der Waals surface area contributed by atoms with Crippen LogP contribution in [-0.2, 0) is 10.5 Å². The van der Waals surface area contributed by atoms with Crippen LogP contribution in [0.4, 0.5) is 5.13 Å². The predicted molar refractivity (Wildman–Crippen MR) is 161 cm³/mol. The standard InChI is InChI=1S/C30H22ClN3O6S2/c1-38-21-12-11-17(14-22(21)39-2)25-24(26(35)23-13-16-7-4-6-10-20(16)40-23)27(36)28(37)34(25)29-32-33-30(42-29)41-15-18-8-3-5-9-19(18)31/h3-14,25,36H,15H2,1-2H3. The monoisotopic (exact) mass is 619 g/mol. The minimum atomic E-state index is -1.05. The number of carbonyl (C=O) groups is 2. The number of halogens is 1. The lowest BCUT2D eigenvalue weighted by Gasteiger charge is -2.24. The molecule has 0 spiro atoms. The predicted octanol–water partition coefficient (Wildman–Crippen LogP) is 7.03. The van der Waals surface area contributed by atoms with Gasteiger partial charge in [-0.1, -0.05) is 77.2 Å². The van der Waals surface area contributed by atoms with E-state index in [-0.39, 0.29) is 16.5 Å². The van der Waals surface area contributed by atoms with Crippen LogP contribution in [0.3, 0.4) is 0 Å². The number of thioether (sulfide) groups is 1. The van der Waals surface area contributed by atoms with Gasteiger partial charge in [0.05, 0.1) is 25.8 Å². The number of aromatic nitrogens is 2. The second-order valence-corrected chi connectivity index (χ2v) is 11.7. The number of nitrogens with zero attached hydrogens (tertiary/aromatic N) is 3. The van der Waals surface area contributed by atoms with Crippen LogP contribution in [0, 0.1) is 0 Å². The number of amides is 1. The number of methoxy groups -OCH3 is 2. The Kier molecular flexibility index (Phi) is 7.63. The molecule has 0 fully saturated rings. The molecule has 0 aliphatic carbocycles. The van der Waals surface area contributed by atoms with Crippen LogP contribution in [0.5, 0.6) is 11.5 Å². The first-order valence-electron chi connectivity index (χ1n) is 12.6. The third-order valence-corrected chi connectivity index (χ3v) is 9.21. The summed E-state index contributed by atoms with van der Waals surface area (Å²) < 4.78 is 17.3. The maximum Gasteiger partial charge on any atom is 0.296 e. The molecule has 12 heteroatoms. The van der Waals surface area contributed by atoms with E-state index in [1.165, 1.54) is 30.9 Å². The van der Waals surface area contributed by atoms with Crippen molar-refractivity contribution in [3.05, 3.63) is 106 Å². The Balaban J connectivity index is 1.40. The topological polar surface area (TPSA) is 115 Å². The van der Waals surface area contributed by atoms with E-state index >= 15 is 0 Å². The normalized spacial score (nSPS) is 15.1. The number of aliphatic hydroxyl groups excluding tert-OH is 1. The van der Waals surface area contributed by atoms with Crippen LogP contribution in [-0.4, -0.2) is 41.2 Å². The van der Waals surface area contributed by atoms with Gasteiger partial charge in [0.15, 0.2) is 27.4 Å². The van der Waals surface area contributed by atoms with Gasteiger partial charge in [-0.25, -0.2) is 0 Å². The van der Waals surface area contributed by atoms with Crippen molar-refractivity contribution in [1.82, 2.24) is 10.2 Å². The molecule has 1 unspecified atom stereocenters.